The zero-order valence-electron chi connectivity index (χ0n) is 15.9. The summed E-state index contributed by atoms with van der Waals surface area (Å²) >= 11 is 0. The molecule has 0 spiro atoms. The fraction of sp³-hybridized carbons (Fsp3) is 0.217. The third-order valence-corrected chi connectivity index (χ3v) is 4.93. The summed E-state index contributed by atoms with van der Waals surface area (Å²) < 4.78 is 10.4. The van der Waals surface area contributed by atoms with Crippen molar-refractivity contribution in [1.29, 1.82) is 0 Å². The largest absolute Gasteiger partial charge is 0.497 e. The van der Waals surface area contributed by atoms with Gasteiger partial charge in [0.1, 0.15) is 11.5 Å². The lowest BCUT2D eigenvalue weighted by Gasteiger charge is -2.31. The van der Waals surface area contributed by atoms with Gasteiger partial charge in [0.15, 0.2) is 11.6 Å². The molecule has 0 saturated heterocycles. The summed E-state index contributed by atoms with van der Waals surface area (Å²) in [5.74, 6) is 0.852. The molecule has 4 nitrogen and oxygen atoms in total. The third kappa shape index (κ3) is 3.43. The van der Waals surface area contributed by atoms with E-state index in [1.807, 2.05) is 37.3 Å². The first-order chi connectivity index (χ1) is 12.9. The molecule has 138 valence electrons. The molecule has 0 radical (unpaired) electrons. The second-order valence-electron chi connectivity index (χ2n) is 6.74. The first kappa shape index (κ1) is 18.6. The molecule has 1 aliphatic rings. The highest BCUT2D eigenvalue weighted by Gasteiger charge is 2.37. The van der Waals surface area contributed by atoms with Crippen molar-refractivity contribution in [3.05, 3.63) is 76.9 Å². The van der Waals surface area contributed by atoms with Crippen LogP contribution in [0.2, 0.25) is 0 Å². The predicted octanol–water partition coefficient (Wildman–Crippen LogP) is 4.39. The lowest BCUT2D eigenvalue weighted by molar-refractivity contribution is -0.118. The van der Waals surface area contributed by atoms with Crippen LogP contribution in [0.1, 0.15) is 35.3 Å². The molecule has 0 saturated carbocycles. The van der Waals surface area contributed by atoms with E-state index in [0.717, 1.165) is 11.1 Å². The van der Waals surface area contributed by atoms with Crippen LogP contribution in [0.25, 0.3) is 6.08 Å². The summed E-state index contributed by atoms with van der Waals surface area (Å²) in [5, 5.41) is 0. The van der Waals surface area contributed by atoms with Gasteiger partial charge in [-0.05, 0) is 54.8 Å². The van der Waals surface area contributed by atoms with E-state index in [9.17, 15) is 9.59 Å². The standard InChI is InChI=1S/C23H22O4/c1-15-11-16-7-5-6-8-20(16)23(2,22(15)25)10-9-21(24)17-12-18(26-3)14-19(13-17)27-4/h5-14H,1-4H3/b10-9-/t23-/m1/s1. The molecule has 1 aliphatic carbocycles. The highest BCUT2D eigenvalue weighted by molar-refractivity contribution is 6.12. The van der Waals surface area contributed by atoms with Crippen LogP contribution in [-0.4, -0.2) is 25.8 Å². The molecule has 1 atom stereocenters. The number of benzene rings is 2. The minimum atomic E-state index is -0.881. The molecule has 0 heterocycles. The number of carbonyl (C=O) groups excluding carboxylic acids is 2. The zero-order valence-corrected chi connectivity index (χ0v) is 15.9. The van der Waals surface area contributed by atoms with Crippen LogP contribution in [0.15, 0.2) is 60.2 Å². The minimum Gasteiger partial charge on any atom is -0.497 e. The molecule has 3 rings (SSSR count). The number of ether oxygens (including phenoxy) is 2. The first-order valence-electron chi connectivity index (χ1n) is 8.68. The van der Waals surface area contributed by atoms with Gasteiger partial charge in [-0.25, -0.2) is 0 Å². The van der Waals surface area contributed by atoms with Crippen LogP contribution >= 0.6 is 0 Å². The average Bonchev–Trinajstić information content (AvgIpc) is 2.70. The summed E-state index contributed by atoms with van der Waals surface area (Å²) in [6.07, 6.45) is 5.04. The molecule has 0 aliphatic heterocycles. The quantitative estimate of drug-likeness (QED) is 0.585. The zero-order chi connectivity index (χ0) is 19.6. The number of methoxy groups -OCH3 is 2. The number of ketones is 2. The molecule has 0 N–H and O–H groups in total. The second kappa shape index (κ2) is 7.23. The monoisotopic (exact) mass is 362 g/mol. The van der Waals surface area contributed by atoms with Gasteiger partial charge in [0.05, 0.1) is 19.6 Å². The topological polar surface area (TPSA) is 52.6 Å². The summed E-state index contributed by atoms with van der Waals surface area (Å²) in [5.41, 5.74) is 2.13. The van der Waals surface area contributed by atoms with Crippen LogP contribution in [-0.2, 0) is 10.2 Å². The number of fused-ring (bicyclic) bond motifs is 1. The smallest absolute Gasteiger partial charge is 0.185 e. The Hall–Kier alpha value is -3.14. The summed E-state index contributed by atoms with van der Waals surface area (Å²) in [7, 11) is 3.07. The van der Waals surface area contributed by atoms with E-state index in [2.05, 4.69) is 0 Å². The molecule has 27 heavy (non-hydrogen) atoms. The molecule has 2 aromatic rings. The van der Waals surface area contributed by atoms with Crippen molar-refractivity contribution in [2.75, 3.05) is 14.2 Å². The highest BCUT2D eigenvalue weighted by atomic mass is 16.5. The Morgan fingerprint density at radius 3 is 2.30 bits per heavy atom. The van der Waals surface area contributed by atoms with E-state index in [1.165, 1.54) is 20.3 Å². The molecule has 4 heteroatoms. The van der Waals surface area contributed by atoms with E-state index in [-0.39, 0.29) is 11.6 Å². The van der Waals surface area contributed by atoms with E-state index in [0.29, 0.717) is 22.6 Å². The fourth-order valence-electron chi connectivity index (χ4n) is 3.38. The van der Waals surface area contributed by atoms with Crippen LogP contribution in [0.4, 0.5) is 0 Å². The molecule has 0 amide bonds. The number of hydrogen-bond donors (Lipinski definition) is 0. The van der Waals surface area contributed by atoms with E-state index in [1.54, 1.807) is 31.2 Å². The highest BCUT2D eigenvalue weighted by Crippen LogP contribution is 2.37. The molecule has 0 aromatic heterocycles. The van der Waals surface area contributed by atoms with Gasteiger partial charge in [0.25, 0.3) is 0 Å². The molecule has 0 unspecified atom stereocenters. The average molecular weight is 362 g/mol. The van der Waals surface area contributed by atoms with E-state index < -0.39 is 5.41 Å². The molecule has 0 fully saturated rings. The van der Waals surface area contributed by atoms with Gasteiger partial charge in [-0.1, -0.05) is 30.3 Å². The molecule has 0 bridgehead atoms. The van der Waals surface area contributed by atoms with Gasteiger partial charge in [0.2, 0.25) is 0 Å². The van der Waals surface area contributed by atoms with Crippen molar-refractivity contribution in [3.63, 3.8) is 0 Å². The Morgan fingerprint density at radius 1 is 1.04 bits per heavy atom. The number of hydrogen-bond acceptors (Lipinski definition) is 4. The lowest BCUT2D eigenvalue weighted by Crippen LogP contribution is -2.34. The first-order valence-corrected chi connectivity index (χ1v) is 8.68. The summed E-state index contributed by atoms with van der Waals surface area (Å²) in [6, 6.07) is 12.8. The van der Waals surface area contributed by atoms with Gasteiger partial charge in [-0.3, -0.25) is 9.59 Å². The van der Waals surface area contributed by atoms with Crippen molar-refractivity contribution in [1.82, 2.24) is 0 Å². The molecule has 2 aromatic carbocycles. The van der Waals surface area contributed by atoms with Crippen molar-refractivity contribution in [3.8, 4) is 11.5 Å². The Morgan fingerprint density at radius 2 is 1.67 bits per heavy atom. The van der Waals surface area contributed by atoms with Gasteiger partial charge >= 0.3 is 0 Å². The van der Waals surface area contributed by atoms with Crippen molar-refractivity contribution in [2.24, 2.45) is 0 Å². The summed E-state index contributed by atoms with van der Waals surface area (Å²) in [6.45, 7) is 3.65. The Balaban J connectivity index is 1.99. The van der Waals surface area contributed by atoms with Crippen LogP contribution in [0.5, 0.6) is 11.5 Å². The SMILES string of the molecule is COc1cc(OC)cc(C(=O)/C=C\[C@@]2(C)C(=O)C(C)=Cc3ccccc32)c1. The van der Waals surface area contributed by atoms with Crippen LogP contribution in [0.3, 0.4) is 0 Å². The van der Waals surface area contributed by atoms with Gasteiger partial charge in [-0.2, -0.15) is 0 Å². The molecular weight excluding hydrogens is 340 g/mol. The minimum absolute atomic E-state index is 0.00604. The Bertz CT molecular complexity index is 946. The van der Waals surface area contributed by atoms with Crippen molar-refractivity contribution in [2.45, 2.75) is 19.3 Å². The fourth-order valence-corrected chi connectivity index (χ4v) is 3.38. The number of allylic oxidation sites excluding steroid dienone is 3. The second-order valence-corrected chi connectivity index (χ2v) is 6.74. The Kier molecular flexibility index (Phi) is 5.00. The maximum atomic E-state index is 12.9. The van der Waals surface area contributed by atoms with Crippen LogP contribution < -0.4 is 9.47 Å². The Labute approximate surface area is 159 Å². The molecular formula is C23H22O4. The van der Waals surface area contributed by atoms with Crippen molar-refractivity contribution >= 4 is 17.6 Å². The number of carbonyl (C=O) groups is 2. The normalized spacial score (nSPS) is 18.8. The van der Waals surface area contributed by atoms with Gasteiger partial charge < -0.3 is 9.47 Å². The summed E-state index contributed by atoms with van der Waals surface area (Å²) in [4.78, 5) is 25.6. The lowest BCUT2D eigenvalue weighted by atomic mass is 9.70. The van der Waals surface area contributed by atoms with E-state index in [4.69, 9.17) is 9.47 Å². The van der Waals surface area contributed by atoms with Crippen LogP contribution in [0, 0.1) is 0 Å². The maximum Gasteiger partial charge on any atom is 0.185 e. The van der Waals surface area contributed by atoms with E-state index >= 15 is 0 Å². The van der Waals surface area contributed by atoms with Gasteiger partial charge in [-0.15, -0.1) is 0 Å². The third-order valence-electron chi connectivity index (χ3n) is 4.93. The predicted molar refractivity (Wildman–Crippen MR) is 105 cm³/mol. The number of rotatable bonds is 5. The van der Waals surface area contributed by atoms with Crippen molar-refractivity contribution < 1.29 is 19.1 Å². The number of Topliss-reactive ketones (excluding diaryl/α,β-unsaturated/α-hetero) is 1. The maximum absolute atomic E-state index is 12.9. The van der Waals surface area contributed by atoms with Gasteiger partial charge in [0, 0.05) is 11.6 Å².